The Morgan fingerprint density at radius 3 is 2.71 bits per heavy atom. The summed E-state index contributed by atoms with van der Waals surface area (Å²) in [5.74, 6) is 0.216. The van der Waals surface area contributed by atoms with E-state index in [1.54, 1.807) is 38.3 Å². The van der Waals surface area contributed by atoms with E-state index in [1.165, 1.54) is 6.07 Å². The molecule has 0 radical (unpaired) electrons. The minimum atomic E-state index is -0.336. The quantitative estimate of drug-likeness (QED) is 0.839. The molecule has 0 spiro atoms. The van der Waals surface area contributed by atoms with E-state index in [2.05, 4.69) is 5.32 Å². The molecule has 0 aliphatic heterocycles. The van der Waals surface area contributed by atoms with Crippen molar-refractivity contribution in [3.8, 4) is 5.75 Å². The molecule has 1 amide bonds. The Morgan fingerprint density at radius 1 is 1.29 bits per heavy atom. The molecule has 1 unspecified atom stereocenters. The zero-order chi connectivity index (χ0) is 17.7. The minimum Gasteiger partial charge on any atom is -0.496 e. The number of quaternary nitrogens is 1. The number of benzene rings is 2. The standard InChI is InChI=1S/C18H20ClFN2O2/c1-12-4-6-15(9-16(12)20)21-18(23)11-22(2)10-13-8-14(19)5-7-17(13)24-3/h4-9H,10-11H2,1-3H3,(H,21,23)/p+1. The molecule has 2 rings (SSSR count). The number of amides is 1. The van der Waals surface area contributed by atoms with Crippen molar-refractivity contribution in [2.75, 3.05) is 26.0 Å². The summed E-state index contributed by atoms with van der Waals surface area (Å²) in [5, 5.41) is 3.33. The maximum absolute atomic E-state index is 13.5. The number of ether oxygens (including phenoxy) is 1. The van der Waals surface area contributed by atoms with Crippen LogP contribution in [0, 0.1) is 12.7 Å². The van der Waals surface area contributed by atoms with E-state index >= 15 is 0 Å². The van der Waals surface area contributed by atoms with Crippen LogP contribution in [0.2, 0.25) is 5.02 Å². The summed E-state index contributed by atoms with van der Waals surface area (Å²) in [6.07, 6.45) is 0. The fourth-order valence-corrected chi connectivity index (χ4v) is 2.62. The highest BCUT2D eigenvalue weighted by Crippen LogP contribution is 2.21. The van der Waals surface area contributed by atoms with Crippen LogP contribution in [0.5, 0.6) is 5.75 Å². The van der Waals surface area contributed by atoms with Crippen LogP contribution in [0.3, 0.4) is 0 Å². The third-order valence-electron chi connectivity index (χ3n) is 3.65. The molecule has 0 bridgehead atoms. The molecule has 128 valence electrons. The first-order chi connectivity index (χ1) is 11.4. The number of halogens is 2. The molecule has 4 nitrogen and oxygen atoms in total. The van der Waals surface area contributed by atoms with E-state index < -0.39 is 0 Å². The highest BCUT2D eigenvalue weighted by molar-refractivity contribution is 6.30. The lowest BCUT2D eigenvalue weighted by Gasteiger charge is -2.16. The van der Waals surface area contributed by atoms with Gasteiger partial charge in [-0.05, 0) is 42.8 Å². The first-order valence-electron chi connectivity index (χ1n) is 7.58. The molecule has 0 aliphatic carbocycles. The molecule has 2 aromatic rings. The Bertz CT molecular complexity index is 737. The van der Waals surface area contributed by atoms with Gasteiger partial charge >= 0.3 is 0 Å². The predicted molar refractivity (Wildman–Crippen MR) is 93.2 cm³/mol. The van der Waals surface area contributed by atoms with Crippen LogP contribution in [0.1, 0.15) is 11.1 Å². The Hall–Kier alpha value is -2.11. The van der Waals surface area contributed by atoms with E-state index in [1.807, 2.05) is 13.1 Å². The SMILES string of the molecule is COc1ccc(Cl)cc1C[NH+](C)CC(=O)Nc1ccc(C)c(F)c1. The van der Waals surface area contributed by atoms with Gasteiger partial charge in [-0.3, -0.25) is 4.79 Å². The normalized spacial score (nSPS) is 11.9. The first kappa shape index (κ1) is 18.2. The summed E-state index contributed by atoms with van der Waals surface area (Å²) in [5.41, 5.74) is 1.93. The molecule has 0 aliphatic rings. The number of carbonyl (C=O) groups excluding carboxylic acids is 1. The summed E-state index contributed by atoms with van der Waals surface area (Å²) in [4.78, 5) is 13.1. The summed E-state index contributed by atoms with van der Waals surface area (Å²) < 4.78 is 18.8. The number of hydrogen-bond donors (Lipinski definition) is 2. The number of carbonyl (C=O) groups is 1. The van der Waals surface area contributed by atoms with Gasteiger partial charge in [0.2, 0.25) is 0 Å². The van der Waals surface area contributed by atoms with E-state index in [9.17, 15) is 9.18 Å². The average molecular weight is 352 g/mol. The van der Waals surface area contributed by atoms with Crippen LogP contribution in [0.4, 0.5) is 10.1 Å². The zero-order valence-electron chi connectivity index (χ0n) is 14.0. The lowest BCUT2D eigenvalue weighted by molar-refractivity contribution is -0.885. The topological polar surface area (TPSA) is 42.8 Å². The third kappa shape index (κ3) is 4.94. The van der Waals surface area contributed by atoms with Gasteiger partial charge in [-0.25, -0.2) is 4.39 Å². The first-order valence-corrected chi connectivity index (χ1v) is 7.96. The number of aryl methyl sites for hydroxylation is 1. The Labute approximate surface area is 146 Å². The van der Waals surface area contributed by atoms with E-state index in [-0.39, 0.29) is 18.3 Å². The molecule has 0 saturated carbocycles. The van der Waals surface area contributed by atoms with Gasteiger partial charge in [-0.1, -0.05) is 17.7 Å². The second-order valence-corrected chi connectivity index (χ2v) is 6.22. The monoisotopic (exact) mass is 351 g/mol. The highest BCUT2D eigenvalue weighted by atomic mass is 35.5. The van der Waals surface area contributed by atoms with Crippen molar-refractivity contribution >= 4 is 23.2 Å². The number of likely N-dealkylation sites (N-methyl/N-ethyl adjacent to an activating group) is 1. The van der Waals surface area contributed by atoms with Crippen molar-refractivity contribution in [1.29, 1.82) is 0 Å². The molecule has 0 fully saturated rings. The third-order valence-corrected chi connectivity index (χ3v) is 3.89. The number of methoxy groups -OCH3 is 1. The summed E-state index contributed by atoms with van der Waals surface area (Å²) in [7, 11) is 3.50. The van der Waals surface area contributed by atoms with Crippen LogP contribution in [-0.2, 0) is 11.3 Å². The molecule has 1 atom stereocenters. The Morgan fingerprint density at radius 2 is 2.04 bits per heavy atom. The molecular weight excluding hydrogens is 331 g/mol. The lowest BCUT2D eigenvalue weighted by atomic mass is 10.2. The minimum absolute atomic E-state index is 0.184. The fraction of sp³-hybridized carbons (Fsp3) is 0.278. The van der Waals surface area contributed by atoms with Crippen molar-refractivity contribution in [3.63, 3.8) is 0 Å². The maximum Gasteiger partial charge on any atom is 0.279 e. The van der Waals surface area contributed by atoms with Crippen molar-refractivity contribution in [1.82, 2.24) is 0 Å². The molecular formula is C18H21ClFN2O2+. The number of nitrogens with one attached hydrogen (secondary N) is 2. The average Bonchev–Trinajstić information content (AvgIpc) is 2.51. The van der Waals surface area contributed by atoms with Gasteiger partial charge in [0, 0.05) is 16.3 Å². The molecule has 0 aromatic heterocycles. The molecule has 2 aromatic carbocycles. The van der Waals surface area contributed by atoms with Crippen LogP contribution < -0.4 is 15.0 Å². The van der Waals surface area contributed by atoms with Crippen molar-refractivity contribution in [3.05, 3.63) is 58.4 Å². The van der Waals surface area contributed by atoms with E-state index in [0.717, 1.165) is 16.2 Å². The molecule has 6 heteroatoms. The van der Waals surface area contributed by atoms with Crippen molar-refractivity contribution < 1.29 is 18.8 Å². The highest BCUT2D eigenvalue weighted by Gasteiger charge is 2.14. The Balaban J connectivity index is 1.96. The summed E-state index contributed by atoms with van der Waals surface area (Å²) in [6.45, 7) is 2.50. The molecule has 2 N–H and O–H groups in total. The number of hydrogen-bond acceptors (Lipinski definition) is 2. The molecule has 24 heavy (non-hydrogen) atoms. The Kier molecular flexibility index (Phi) is 6.17. The smallest absolute Gasteiger partial charge is 0.279 e. The second kappa shape index (κ2) is 8.13. The van der Waals surface area contributed by atoms with Crippen LogP contribution >= 0.6 is 11.6 Å². The second-order valence-electron chi connectivity index (χ2n) is 5.78. The lowest BCUT2D eigenvalue weighted by Crippen LogP contribution is -3.08. The van der Waals surface area contributed by atoms with Crippen LogP contribution in [0.15, 0.2) is 36.4 Å². The largest absolute Gasteiger partial charge is 0.496 e. The van der Waals surface area contributed by atoms with Crippen LogP contribution in [-0.4, -0.2) is 26.6 Å². The number of anilines is 1. The van der Waals surface area contributed by atoms with E-state index in [4.69, 9.17) is 16.3 Å². The van der Waals surface area contributed by atoms with Crippen molar-refractivity contribution in [2.24, 2.45) is 0 Å². The van der Waals surface area contributed by atoms with Crippen LogP contribution in [0.25, 0.3) is 0 Å². The molecule has 0 saturated heterocycles. The van der Waals surface area contributed by atoms with Gasteiger partial charge in [0.1, 0.15) is 18.1 Å². The fourth-order valence-electron chi connectivity index (χ4n) is 2.42. The van der Waals surface area contributed by atoms with Gasteiger partial charge < -0.3 is 15.0 Å². The maximum atomic E-state index is 13.5. The zero-order valence-corrected chi connectivity index (χ0v) is 14.7. The van der Waals surface area contributed by atoms with Gasteiger partial charge in [-0.2, -0.15) is 0 Å². The van der Waals surface area contributed by atoms with Gasteiger partial charge in [0.15, 0.2) is 6.54 Å². The summed E-state index contributed by atoms with van der Waals surface area (Å²) in [6, 6.07) is 10.0. The number of rotatable bonds is 6. The van der Waals surface area contributed by atoms with Gasteiger partial charge in [0.05, 0.1) is 14.2 Å². The van der Waals surface area contributed by atoms with E-state index in [0.29, 0.717) is 22.8 Å². The molecule has 0 heterocycles. The predicted octanol–water partition coefficient (Wildman–Crippen LogP) is 2.45. The summed E-state index contributed by atoms with van der Waals surface area (Å²) >= 11 is 6.02. The van der Waals surface area contributed by atoms with Crippen molar-refractivity contribution in [2.45, 2.75) is 13.5 Å². The van der Waals surface area contributed by atoms with Gasteiger partial charge in [-0.15, -0.1) is 0 Å². The van der Waals surface area contributed by atoms with Gasteiger partial charge in [0.25, 0.3) is 5.91 Å².